The van der Waals surface area contributed by atoms with Crippen molar-refractivity contribution in [2.24, 2.45) is 0 Å². The third kappa shape index (κ3) is 5.66. The van der Waals surface area contributed by atoms with Crippen molar-refractivity contribution in [3.63, 3.8) is 0 Å². The van der Waals surface area contributed by atoms with Crippen molar-refractivity contribution in [1.82, 2.24) is 9.88 Å². The molecule has 32 heavy (non-hydrogen) atoms. The first-order chi connectivity index (χ1) is 15.7. The number of oxazole rings is 1. The molecule has 3 aromatic carbocycles. The van der Waals surface area contributed by atoms with Gasteiger partial charge < -0.3 is 14.5 Å². The van der Waals surface area contributed by atoms with E-state index in [1.165, 1.54) is 0 Å². The Labute approximate surface area is 186 Å². The lowest BCUT2D eigenvalue weighted by Gasteiger charge is -2.08. The number of carbonyl (C=O) groups is 1. The molecule has 0 fully saturated rings. The molecule has 1 N–H and O–H groups in total. The Bertz CT molecular complexity index is 1210. The number of nitrogens with one attached hydrogen (secondary N) is 1. The zero-order valence-corrected chi connectivity index (χ0v) is 17.8. The Morgan fingerprint density at radius 3 is 2.47 bits per heavy atom. The Morgan fingerprint density at radius 2 is 1.66 bits per heavy atom. The topological polar surface area (TPSA) is 73.5 Å². The van der Waals surface area contributed by atoms with E-state index in [2.05, 4.69) is 5.32 Å². The number of ether oxygens (including phenoxy) is 1. The number of rotatable bonds is 10. The van der Waals surface area contributed by atoms with Gasteiger partial charge >= 0.3 is 5.76 Å². The van der Waals surface area contributed by atoms with Gasteiger partial charge in [-0.2, -0.15) is 0 Å². The molecule has 1 amide bonds. The molecule has 1 heterocycles. The molecular weight excluding hydrogens is 404 g/mol. The van der Waals surface area contributed by atoms with Crippen molar-refractivity contribution in [3.05, 3.63) is 101 Å². The van der Waals surface area contributed by atoms with E-state index in [0.29, 0.717) is 38.1 Å². The van der Waals surface area contributed by atoms with Crippen LogP contribution < -0.4 is 15.8 Å². The number of para-hydroxylation sites is 2. The van der Waals surface area contributed by atoms with Gasteiger partial charge in [-0.15, -0.1) is 0 Å². The van der Waals surface area contributed by atoms with Gasteiger partial charge in [-0.25, -0.2) is 4.79 Å². The first-order valence-electron chi connectivity index (χ1n) is 10.8. The van der Waals surface area contributed by atoms with Gasteiger partial charge in [0.1, 0.15) is 12.4 Å². The van der Waals surface area contributed by atoms with Crippen molar-refractivity contribution in [3.8, 4) is 5.75 Å². The SMILES string of the molecule is O=C(CCCn1c(=O)oc2ccccc21)NCCc1ccc(OCc2ccccc2)cc1. The zero-order valence-electron chi connectivity index (χ0n) is 17.8. The van der Waals surface area contributed by atoms with E-state index in [0.717, 1.165) is 28.8 Å². The maximum absolute atomic E-state index is 12.1. The fourth-order valence-corrected chi connectivity index (χ4v) is 3.55. The lowest BCUT2D eigenvalue weighted by molar-refractivity contribution is -0.121. The molecule has 0 aliphatic rings. The van der Waals surface area contributed by atoms with Crippen molar-refractivity contribution >= 4 is 17.0 Å². The molecule has 0 aliphatic heterocycles. The van der Waals surface area contributed by atoms with Crippen LogP contribution in [0.3, 0.4) is 0 Å². The van der Waals surface area contributed by atoms with Crippen LogP contribution in [0.2, 0.25) is 0 Å². The molecule has 0 unspecified atom stereocenters. The Kier molecular flexibility index (Phi) is 7.02. The van der Waals surface area contributed by atoms with Crippen LogP contribution in [0, 0.1) is 0 Å². The summed E-state index contributed by atoms with van der Waals surface area (Å²) in [6, 6.07) is 25.3. The molecule has 6 nitrogen and oxygen atoms in total. The van der Waals surface area contributed by atoms with E-state index in [1.807, 2.05) is 72.8 Å². The average molecular weight is 431 g/mol. The van der Waals surface area contributed by atoms with Gasteiger partial charge in [0.05, 0.1) is 5.52 Å². The molecule has 164 valence electrons. The first-order valence-corrected chi connectivity index (χ1v) is 10.8. The van der Waals surface area contributed by atoms with E-state index in [1.54, 1.807) is 10.6 Å². The highest BCUT2D eigenvalue weighted by Gasteiger charge is 2.09. The van der Waals surface area contributed by atoms with Crippen molar-refractivity contribution in [2.75, 3.05) is 6.54 Å². The van der Waals surface area contributed by atoms with E-state index < -0.39 is 0 Å². The number of benzene rings is 3. The molecule has 4 rings (SSSR count). The van der Waals surface area contributed by atoms with Crippen molar-refractivity contribution in [2.45, 2.75) is 32.4 Å². The van der Waals surface area contributed by atoms with Gasteiger partial charge in [0.15, 0.2) is 5.58 Å². The van der Waals surface area contributed by atoms with Crippen LogP contribution in [0.25, 0.3) is 11.1 Å². The third-order valence-electron chi connectivity index (χ3n) is 5.27. The highest BCUT2D eigenvalue weighted by atomic mass is 16.5. The molecule has 0 saturated heterocycles. The predicted molar refractivity (Wildman–Crippen MR) is 124 cm³/mol. The second-order valence-corrected chi connectivity index (χ2v) is 7.61. The molecule has 1 aromatic heterocycles. The Hall–Kier alpha value is -3.80. The Morgan fingerprint density at radius 1 is 0.906 bits per heavy atom. The molecule has 0 atom stereocenters. The van der Waals surface area contributed by atoms with Crippen LogP contribution in [0.5, 0.6) is 5.75 Å². The number of amides is 1. The van der Waals surface area contributed by atoms with Gasteiger partial charge in [0.25, 0.3) is 0 Å². The summed E-state index contributed by atoms with van der Waals surface area (Å²) in [5, 5.41) is 2.94. The van der Waals surface area contributed by atoms with E-state index in [-0.39, 0.29) is 11.7 Å². The molecule has 6 heteroatoms. The standard InChI is InChI=1S/C26H26N2O4/c29-25(11-6-18-28-23-9-4-5-10-24(23)32-26(28)30)27-17-16-20-12-14-22(15-13-20)31-19-21-7-2-1-3-8-21/h1-5,7-10,12-15H,6,11,16-19H2,(H,27,29). The summed E-state index contributed by atoms with van der Waals surface area (Å²) in [5.41, 5.74) is 3.59. The van der Waals surface area contributed by atoms with Crippen LogP contribution >= 0.6 is 0 Å². The van der Waals surface area contributed by atoms with Gasteiger partial charge in [0.2, 0.25) is 5.91 Å². The van der Waals surface area contributed by atoms with Crippen molar-refractivity contribution in [1.29, 1.82) is 0 Å². The molecule has 0 aliphatic carbocycles. The third-order valence-corrected chi connectivity index (χ3v) is 5.27. The predicted octanol–water partition coefficient (Wildman–Crippen LogP) is 4.31. The van der Waals surface area contributed by atoms with Gasteiger partial charge in [-0.1, -0.05) is 54.6 Å². The minimum absolute atomic E-state index is 0.0198. The number of nitrogens with zero attached hydrogens (tertiary/aromatic N) is 1. The summed E-state index contributed by atoms with van der Waals surface area (Å²) < 4.78 is 12.6. The highest BCUT2D eigenvalue weighted by molar-refractivity contribution is 5.76. The van der Waals surface area contributed by atoms with E-state index in [9.17, 15) is 9.59 Å². The molecule has 0 radical (unpaired) electrons. The smallest absolute Gasteiger partial charge is 0.419 e. The van der Waals surface area contributed by atoms with Crippen LogP contribution in [0.1, 0.15) is 24.0 Å². The number of carbonyl (C=O) groups excluding carboxylic acids is 1. The maximum atomic E-state index is 12.1. The van der Waals surface area contributed by atoms with Crippen LogP contribution in [0.15, 0.2) is 88.1 Å². The van der Waals surface area contributed by atoms with E-state index in [4.69, 9.17) is 9.15 Å². The van der Waals surface area contributed by atoms with Gasteiger partial charge in [0, 0.05) is 19.5 Å². The minimum atomic E-state index is -0.386. The number of fused-ring (bicyclic) bond motifs is 1. The van der Waals surface area contributed by atoms with Crippen LogP contribution in [-0.4, -0.2) is 17.0 Å². The Balaban J connectivity index is 1.16. The maximum Gasteiger partial charge on any atom is 0.419 e. The molecule has 0 saturated carbocycles. The fraction of sp³-hybridized carbons (Fsp3) is 0.231. The fourth-order valence-electron chi connectivity index (χ4n) is 3.55. The number of aromatic nitrogens is 1. The summed E-state index contributed by atoms with van der Waals surface area (Å²) in [7, 11) is 0. The quantitative estimate of drug-likeness (QED) is 0.407. The lowest BCUT2D eigenvalue weighted by Crippen LogP contribution is -2.26. The van der Waals surface area contributed by atoms with Crippen LogP contribution in [-0.2, 0) is 24.4 Å². The summed E-state index contributed by atoms with van der Waals surface area (Å²) in [6.45, 7) is 1.56. The number of hydrogen-bond acceptors (Lipinski definition) is 4. The highest BCUT2D eigenvalue weighted by Crippen LogP contribution is 2.15. The monoisotopic (exact) mass is 430 g/mol. The second kappa shape index (κ2) is 10.5. The first kappa shape index (κ1) is 21.4. The second-order valence-electron chi connectivity index (χ2n) is 7.61. The lowest BCUT2D eigenvalue weighted by atomic mass is 10.1. The van der Waals surface area contributed by atoms with E-state index >= 15 is 0 Å². The van der Waals surface area contributed by atoms with Gasteiger partial charge in [-0.3, -0.25) is 9.36 Å². The normalized spacial score (nSPS) is 10.9. The average Bonchev–Trinajstić information content (AvgIpc) is 3.14. The number of aryl methyl sites for hydroxylation is 1. The largest absolute Gasteiger partial charge is 0.489 e. The number of hydrogen-bond donors (Lipinski definition) is 1. The van der Waals surface area contributed by atoms with Gasteiger partial charge in [-0.05, 0) is 48.2 Å². The summed E-state index contributed by atoms with van der Waals surface area (Å²) in [6.07, 6.45) is 1.68. The summed E-state index contributed by atoms with van der Waals surface area (Å²) in [5.74, 6) is 0.417. The molecule has 0 spiro atoms. The summed E-state index contributed by atoms with van der Waals surface area (Å²) in [4.78, 5) is 24.1. The minimum Gasteiger partial charge on any atom is -0.489 e. The molecule has 0 bridgehead atoms. The zero-order chi connectivity index (χ0) is 22.2. The van der Waals surface area contributed by atoms with Crippen molar-refractivity contribution < 1.29 is 13.9 Å². The molecule has 4 aromatic rings. The summed E-state index contributed by atoms with van der Waals surface area (Å²) >= 11 is 0. The molecular formula is C26H26N2O4. The van der Waals surface area contributed by atoms with Crippen LogP contribution in [0.4, 0.5) is 0 Å².